The van der Waals surface area contributed by atoms with Crippen LogP contribution in [0.5, 0.6) is 5.75 Å². The summed E-state index contributed by atoms with van der Waals surface area (Å²) in [6.07, 6.45) is 4.36. The highest BCUT2D eigenvalue weighted by atomic mass is 35.5. The number of anilines is 1. The van der Waals surface area contributed by atoms with E-state index in [-0.39, 0.29) is 73.5 Å². The van der Waals surface area contributed by atoms with Crippen LogP contribution in [0.25, 0.3) is 6.08 Å². The van der Waals surface area contributed by atoms with Gasteiger partial charge in [0.15, 0.2) is 5.75 Å². The summed E-state index contributed by atoms with van der Waals surface area (Å²) >= 11 is 0. The summed E-state index contributed by atoms with van der Waals surface area (Å²) in [5, 5.41) is 15.5. The van der Waals surface area contributed by atoms with Crippen LogP contribution >= 0.6 is 24.8 Å². The molecular formula is C30H41Cl2N5O7S. The van der Waals surface area contributed by atoms with Crippen LogP contribution in [-0.2, 0) is 24.3 Å². The molecule has 1 saturated heterocycles. The van der Waals surface area contributed by atoms with Crippen molar-refractivity contribution in [3.63, 3.8) is 0 Å². The normalized spacial score (nSPS) is 13.3. The van der Waals surface area contributed by atoms with Gasteiger partial charge in [-0.3, -0.25) is 19.9 Å². The second kappa shape index (κ2) is 18.2. The summed E-state index contributed by atoms with van der Waals surface area (Å²) < 4.78 is 44.3. The van der Waals surface area contributed by atoms with Crippen LogP contribution in [0.1, 0.15) is 55.1 Å². The number of hydrogen-bond acceptors (Lipinski definition) is 9. The fourth-order valence-electron chi connectivity index (χ4n) is 4.54. The van der Waals surface area contributed by atoms with Crippen LogP contribution in [0.2, 0.25) is 0 Å². The maximum atomic E-state index is 13.5. The smallest absolute Gasteiger partial charge is 0.341 e. The maximum Gasteiger partial charge on any atom is 0.341 e. The average molecular weight is 687 g/mol. The van der Waals surface area contributed by atoms with Gasteiger partial charge in [0.05, 0.1) is 31.3 Å². The molecule has 45 heavy (non-hydrogen) atoms. The lowest BCUT2D eigenvalue weighted by molar-refractivity contribution is -0.139. The molecule has 0 spiro atoms. The molecule has 1 aliphatic heterocycles. The highest BCUT2D eigenvalue weighted by molar-refractivity contribution is 7.93. The van der Waals surface area contributed by atoms with Gasteiger partial charge in [0, 0.05) is 31.5 Å². The van der Waals surface area contributed by atoms with E-state index in [0.29, 0.717) is 42.9 Å². The third-order valence-electron chi connectivity index (χ3n) is 6.68. The van der Waals surface area contributed by atoms with E-state index in [1.165, 1.54) is 18.2 Å². The molecule has 4 N–H and O–H groups in total. The van der Waals surface area contributed by atoms with Gasteiger partial charge in [0.1, 0.15) is 23.3 Å². The van der Waals surface area contributed by atoms with Gasteiger partial charge in [0.2, 0.25) is 10.0 Å². The van der Waals surface area contributed by atoms with Crippen molar-refractivity contribution in [2.24, 2.45) is 5.73 Å². The van der Waals surface area contributed by atoms with Crippen LogP contribution in [0, 0.1) is 10.8 Å². The molecule has 15 heteroatoms. The summed E-state index contributed by atoms with van der Waals surface area (Å²) in [7, 11) is -4.25. The Hall–Kier alpha value is -3.81. The van der Waals surface area contributed by atoms with Crippen LogP contribution < -0.4 is 14.8 Å². The number of nitrogens with two attached hydrogens (primary N) is 1. The molecule has 2 aromatic rings. The number of nitrogens with one attached hydrogen (secondary N) is 2. The number of nitrogen functional groups attached to an aromatic ring is 1. The molecule has 0 radical (unpaired) electrons. The molecule has 0 amide bonds. The van der Waals surface area contributed by atoms with Crippen molar-refractivity contribution in [3.8, 4) is 5.75 Å². The molecule has 0 aromatic heterocycles. The summed E-state index contributed by atoms with van der Waals surface area (Å²) in [4.78, 5) is 27.2. The number of carbonyl (C=O) groups is 2. The van der Waals surface area contributed by atoms with E-state index < -0.39 is 27.7 Å². The molecule has 1 heterocycles. The Morgan fingerprint density at radius 3 is 2.31 bits per heavy atom. The number of rotatable bonds is 13. The first kappa shape index (κ1) is 39.2. The van der Waals surface area contributed by atoms with E-state index in [4.69, 9.17) is 30.8 Å². The minimum absolute atomic E-state index is 0. The standard InChI is InChI=1S/C30H39N5O7S.2ClH/c1-4-40-28(36)20-43(38,39)35(15-7-9-22-8-6-10-23(18-22)29(32)33)24-11-12-27(26(19-24)30(37)41-5-2)42-25-13-16-34(17-14-25)21(3)31;;/h6-12,18-19,25,31H,4-5,13-17,20H2,1-3H3,(H3,32,33);2*1H/b9-7+,31-21?;;. The predicted octanol–water partition coefficient (Wildman–Crippen LogP) is 4.24. The first-order chi connectivity index (χ1) is 20.4. The average Bonchev–Trinajstić information content (AvgIpc) is 2.96. The van der Waals surface area contributed by atoms with Crippen molar-refractivity contribution in [3.05, 3.63) is 65.2 Å². The van der Waals surface area contributed by atoms with Crippen molar-refractivity contribution in [2.75, 3.05) is 42.9 Å². The molecule has 0 bridgehead atoms. The lowest BCUT2D eigenvalue weighted by Crippen LogP contribution is -2.40. The molecule has 0 unspecified atom stereocenters. The monoisotopic (exact) mass is 685 g/mol. The van der Waals surface area contributed by atoms with Gasteiger partial charge < -0.3 is 24.8 Å². The molecule has 1 fully saturated rings. The molecule has 2 aromatic carbocycles. The maximum absolute atomic E-state index is 13.5. The number of benzene rings is 2. The van der Waals surface area contributed by atoms with Gasteiger partial charge in [-0.15, -0.1) is 24.8 Å². The lowest BCUT2D eigenvalue weighted by atomic mass is 10.1. The van der Waals surface area contributed by atoms with Crippen LogP contribution in [0.15, 0.2) is 48.5 Å². The molecule has 0 atom stereocenters. The van der Waals surface area contributed by atoms with Crippen molar-refractivity contribution >= 4 is 70.2 Å². The summed E-state index contributed by atoms with van der Waals surface area (Å²) in [5.41, 5.74) is 6.98. The summed E-state index contributed by atoms with van der Waals surface area (Å²) in [5.74, 6) is -1.83. The van der Waals surface area contributed by atoms with Gasteiger partial charge in [-0.2, -0.15) is 0 Å². The van der Waals surface area contributed by atoms with E-state index in [1.807, 2.05) is 4.90 Å². The zero-order chi connectivity index (χ0) is 31.6. The zero-order valence-electron chi connectivity index (χ0n) is 25.5. The van der Waals surface area contributed by atoms with Crippen molar-refractivity contribution in [1.82, 2.24) is 4.90 Å². The molecule has 3 rings (SSSR count). The number of piperidine rings is 1. The van der Waals surface area contributed by atoms with Crippen LogP contribution in [-0.4, -0.2) is 81.6 Å². The van der Waals surface area contributed by atoms with E-state index in [2.05, 4.69) is 0 Å². The van der Waals surface area contributed by atoms with Crippen molar-refractivity contribution in [2.45, 2.75) is 39.7 Å². The van der Waals surface area contributed by atoms with Crippen molar-refractivity contribution < 1.29 is 32.2 Å². The highest BCUT2D eigenvalue weighted by Crippen LogP contribution is 2.30. The van der Waals surface area contributed by atoms with E-state index >= 15 is 0 Å². The third-order valence-corrected chi connectivity index (χ3v) is 8.31. The zero-order valence-corrected chi connectivity index (χ0v) is 27.9. The number of amidine groups is 2. The second-order valence-electron chi connectivity index (χ2n) is 9.82. The van der Waals surface area contributed by atoms with Gasteiger partial charge in [0.25, 0.3) is 0 Å². The SMILES string of the molecule is CCOC(=O)CS(=O)(=O)N(C/C=C/c1cccc(C(=N)N)c1)c1ccc(OC2CCN(C(C)=N)CC2)c(C(=O)OCC)c1.Cl.Cl. The van der Waals surface area contributed by atoms with Crippen LogP contribution in [0.3, 0.4) is 0 Å². The Morgan fingerprint density at radius 2 is 1.71 bits per heavy atom. The first-order valence-electron chi connectivity index (χ1n) is 14.0. The highest BCUT2D eigenvalue weighted by Gasteiger charge is 2.29. The summed E-state index contributed by atoms with van der Waals surface area (Å²) in [6.45, 7) is 6.24. The van der Waals surface area contributed by atoms with E-state index in [1.54, 1.807) is 57.2 Å². The molecular weight excluding hydrogens is 645 g/mol. The fraction of sp³-hybridized carbons (Fsp3) is 0.400. The number of esters is 2. The molecule has 1 aliphatic rings. The summed E-state index contributed by atoms with van der Waals surface area (Å²) in [6, 6.07) is 11.3. The Morgan fingerprint density at radius 1 is 1.04 bits per heavy atom. The van der Waals surface area contributed by atoms with Gasteiger partial charge in [-0.05, 0) is 50.6 Å². The number of likely N-dealkylation sites (tertiary alicyclic amines) is 1. The minimum atomic E-state index is -4.25. The van der Waals surface area contributed by atoms with E-state index in [9.17, 15) is 18.0 Å². The number of halogens is 2. The third kappa shape index (κ3) is 11.2. The van der Waals surface area contributed by atoms with Gasteiger partial charge in [-0.25, -0.2) is 13.2 Å². The Kier molecular flexibility index (Phi) is 15.9. The number of nitrogens with zero attached hydrogens (tertiary/aromatic N) is 2. The molecule has 248 valence electrons. The number of ether oxygens (including phenoxy) is 3. The van der Waals surface area contributed by atoms with Gasteiger partial charge in [-0.1, -0.05) is 30.4 Å². The topological polar surface area (TPSA) is 176 Å². The number of hydrogen-bond donors (Lipinski definition) is 3. The Labute approximate surface area is 276 Å². The predicted molar refractivity (Wildman–Crippen MR) is 180 cm³/mol. The number of carbonyl (C=O) groups excluding carboxylic acids is 2. The van der Waals surface area contributed by atoms with Crippen LogP contribution in [0.4, 0.5) is 5.69 Å². The largest absolute Gasteiger partial charge is 0.489 e. The first-order valence-corrected chi connectivity index (χ1v) is 15.6. The molecule has 0 saturated carbocycles. The number of sulfonamides is 1. The van der Waals surface area contributed by atoms with Crippen molar-refractivity contribution in [1.29, 1.82) is 10.8 Å². The second-order valence-corrected chi connectivity index (χ2v) is 11.7. The Balaban J connectivity index is 0.00000506. The van der Waals surface area contributed by atoms with Gasteiger partial charge >= 0.3 is 11.9 Å². The quantitative estimate of drug-likeness (QED) is 0.158. The minimum Gasteiger partial charge on any atom is -0.489 e. The lowest BCUT2D eigenvalue weighted by Gasteiger charge is -2.33. The molecule has 0 aliphatic carbocycles. The fourth-order valence-corrected chi connectivity index (χ4v) is 5.82. The molecule has 12 nitrogen and oxygen atoms in total. The van der Waals surface area contributed by atoms with E-state index in [0.717, 1.165) is 4.31 Å². The Bertz CT molecular complexity index is 1480.